The minimum absolute atomic E-state index is 0. The number of hydrogen-bond acceptors (Lipinski definition) is 1. The van der Waals surface area contributed by atoms with Gasteiger partial charge in [-0.1, -0.05) is 27.2 Å². The van der Waals surface area contributed by atoms with Gasteiger partial charge >= 0.3 is 29.6 Å². The zero-order valence-corrected chi connectivity index (χ0v) is 7.48. The Morgan fingerprint density at radius 1 is 1.44 bits per heavy atom. The molecule has 0 radical (unpaired) electrons. The maximum absolute atomic E-state index is 8.86. The summed E-state index contributed by atoms with van der Waals surface area (Å²) in [6.45, 7) is 6.44. The summed E-state index contributed by atoms with van der Waals surface area (Å²) in [5.41, 5.74) is 0. The third-order valence-electron chi connectivity index (χ3n) is 1.35. The molecule has 0 aliphatic heterocycles. The summed E-state index contributed by atoms with van der Waals surface area (Å²) < 4.78 is 0. The van der Waals surface area contributed by atoms with E-state index in [9.17, 15) is 0 Å². The standard InChI is InChI=1S/C6H16OSi.Na.H/c1-4-5-6(2,3)8-7;;/h7H,4-5,8H2,1-3H3;;. The molecular weight excluding hydrogens is 139 g/mol. The molecule has 9 heavy (non-hydrogen) atoms. The fourth-order valence-corrected chi connectivity index (χ4v) is 1.27. The quantitative estimate of drug-likeness (QED) is 0.587. The van der Waals surface area contributed by atoms with Crippen molar-refractivity contribution in [3.05, 3.63) is 0 Å². The summed E-state index contributed by atoms with van der Waals surface area (Å²) >= 11 is 0. The van der Waals surface area contributed by atoms with E-state index < -0.39 is 9.76 Å². The molecule has 0 aliphatic carbocycles. The molecule has 3 heteroatoms. The molecule has 1 N–H and O–H groups in total. The van der Waals surface area contributed by atoms with Crippen LogP contribution >= 0.6 is 0 Å². The van der Waals surface area contributed by atoms with Crippen molar-refractivity contribution >= 4 is 39.3 Å². The first kappa shape index (κ1) is 12.8. The molecule has 0 aromatic heterocycles. The molecule has 0 fully saturated rings. The van der Waals surface area contributed by atoms with Crippen molar-refractivity contribution in [3.8, 4) is 0 Å². The Balaban J connectivity index is 0. The molecule has 0 saturated heterocycles. The van der Waals surface area contributed by atoms with Gasteiger partial charge < -0.3 is 4.80 Å². The average molecular weight is 156 g/mol. The Kier molecular flexibility index (Phi) is 8.44. The average Bonchev–Trinajstić information content (AvgIpc) is 1.67. The summed E-state index contributed by atoms with van der Waals surface area (Å²) in [6, 6.07) is 0. The zero-order chi connectivity index (χ0) is 6.62. The number of hydrogen-bond donors (Lipinski definition) is 1. The van der Waals surface area contributed by atoms with Gasteiger partial charge in [-0.3, -0.25) is 0 Å². The fourth-order valence-electron chi connectivity index (χ4n) is 0.756. The summed E-state index contributed by atoms with van der Waals surface area (Å²) in [5, 5.41) is 0.286. The zero-order valence-electron chi connectivity index (χ0n) is 6.07. The Bertz CT molecular complexity index is 66.1. The van der Waals surface area contributed by atoms with E-state index in [0.717, 1.165) is 0 Å². The second-order valence-electron chi connectivity index (χ2n) is 3.07. The Labute approximate surface area is 82.5 Å². The molecular formula is C6H17NaOSi. The second-order valence-corrected chi connectivity index (χ2v) is 5.30. The number of rotatable bonds is 3. The molecule has 0 heterocycles. The van der Waals surface area contributed by atoms with Gasteiger partial charge in [-0.25, -0.2) is 0 Å². The summed E-state index contributed by atoms with van der Waals surface area (Å²) in [6.07, 6.45) is 2.37. The van der Waals surface area contributed by atoms with E-state index >= 15 is 0 Å². The SMILES string of the molecule is CCCC(C)(C)[SiH2]O.[NaH]. The van der Waals surface area contributed by atoms with Gasteiger partial charge in [0.2, 0.25) is 0 Å². The van der Waals surface area contributed by atoms with Crippen molar-refractivity contribution in [1.82, 2.24) is 0 Å². The maximum atomic E-state index is 8.86. The van der Waals surface area contributed by atoms with E-state index in [-0.39, 0.29) is 34.6 Å². The van der Waals surface area contributed by atoms with Gasteiger partial charge in [0.05, 0.1) is 0 Å². The Hall–Kier alpha value is 1.18. The molecule has 0 unspecified atom stereocenters. The first-order chi connectivity index (χ1) is 3.62. The Morgan fingerprint density at radius 2 is 1.89 bits per heavy atom. The van der Waals surface area contributed by atoms with Crippen LogP contribution in [-0.2, 0) is 0 Å². The predicted molar refractivity (Wildman–Crippen MR) is 46.9 cm³/mol. The first-order valence-electron chi connectivity index (χ1n) is 3.23. The molecule has 0 aromatic carbocycles. The predicted octanol–water partition coefficient (Wildman–Crippen LogP) is 0.413. The molecule has 1 nitrogen and oxygen atoms in total. The Morgan fingerprint density at radius 3 is 2.00 bits per heavy atom. The van der Waals surface area contributed by atoms with Crippen molar-refractivity contribution in [2.75, 3.05) is 0 Å². The molecule has 0 atom stereocenters. The monoisotopic (exact) mass is 156 g/mol. The van der Waals surface area contributed by atoms with Crippen LogP contribution in [0.25, 0.3) is 0 Å². The van der Waals surface area contributed by atoms with E-state index in [1.54, 1.807) is 0 Å². The molecule has 0 aliphatic rings. The van der Waals surface area contributed by atoms with Gasteiger partial charge in [0.25, 0.3) is 0 Å². The van der Waals surface area contributed by atoms with Gasteiger partial charge in [-0.05, 0) is 11.5 Å². The van der Waals surface area contributed by atoms with Crippen molar-refractivity contribution in [1.29, 1.82) is 0 Å². The van der Waals surface area contributed by atoms with Crippen molar-refractivity contribution in [2.45, 2.75) is 38.7 Å². The van der Waals surface area contributed by atoms with Crippen LogP contribution in [0.2, 0.25) is 5.04 Å². The van der Waals surface area contributed by atoms with Crippen molar-refractivity contribution < 1.29 is 4.80 Å². The molecule has 0 spiro atoms. The molecule has 52 valence electrons. The van der Waals surface area contributed by atoms with E-state index in [2.05, 4.69) is 20.8 Å². The second kappa shape index (κ2) is 5.92. The van der Waals surface area contributed by atoms with Crippen LogP contribution in [0.4, 0.5) is 0 Å². The fraction of sp³-hybridized carbons (Fsp3) is 1.00. The van der Waals surface area contributed by atoms with Crippen molar-refractivity contribution in [3.63, 3.8) is 0 Å². The third-order valence-corrected chi connectivity index (χ3v) is 2.56. The van der Waals surface area contributed by atoms with Crippen molar-refractivity contribution in [2.24, 2.45) is 0 Å². The van der Waals surface area contributed by atoms with E-state index in [0.29, 0.717) is 0 Å². The topological polar surface area (TPSA) is 20.2 Å². The third kappa shape index (κ3) is 7.07. The van der Waals surface area contributed by atoms with Crippen LogP contribution in [0.15, 0.2) is 0 Å². The van der Waals surface area contributed by atoms with Crippen LogP contribution in [0, 0.1) is 0 Å². The molecule has 0 amide bonds. The van der Waals surface area contributed by atoms with Gasteiger partial charge in [-0.2, -0.15) is 0 Å². The van der Waals surface area contributed by atoms with Gasteiger partial charge in [0.1, 0.15) is 0 Å². The first-order valence-corrected chi connectivity index (χ1v) is 4.57. The normalized spacial score (nSPS) is 12.0. The van der Waals surface area contributed by atoms with Crippen LogP contribution in [0.3, 0.4) is 0 Å². The van der Waals surface area contributed by atoms with E-state index in [1.165, 1.54) is 12.8 Å². The van der Waals surface area contributed by atoms with Crippen LogP contribution in [0.1, 0.15) is 33.6 Å². The molecule has 0 rings (SSSR count). The molecule has 0 aromatic rings. The molecule has 0 bridgehead atoms. The summed E-state index contributed by atoms with van der Waals surface area (Å²) in [4.78, 5) is 8.86. The van der Waals surface area contributed by atoms with E-state index in [4.69, 9.17) is 4.80 Å². The van der Waals surface area contributed by atoms with Crippen LogP contribution < -0.4 is 0 Å². The van der Waals surface area contributed by atoms with Crippen LogP contribution in [-0.4, -0.2) is 44.1 Å². The van der Waals surface area contributed by atoms with E-state index in [1.807, 2.05) is 0 Å². The molecule has 0 saturated carbocycles. The summed E-state index contributed by atoms with van der Waals surface area (Å²) in [5.74, 6) is 0. The summed E-state index contributed by atoms with van der Waals surface area (Å²) in [7, 11) is -0.769. The van der Waals surface area contributed by atoms with Gasteiger partial charge in [0, 0.05) is 0 Å². The van der Waals surface area contributed by atoms with Gasteiger partial charge in [0.15, 0.2) is 9.76 Å². The minimum atomic E-state index is -0.769. The van der Waals surface area contributed by atoms with Crippen LogP contribution in [0.5, 0.6) is 0 Å². The van der Waals surface area contributed by atoms with Gasteiger partial charge in [-0.15, -0.1) is 0 Å².